The van der Waals surface area contributed by atoms with Gasteiger partial charge in [-0.1, -0.05) is 41.1 Å². The number of methoxy groups -OCH3 is 6. The Labute approximate surface area is 691 Å². The van der Waals surface area contributed by atoms with Crippen LogP contribution in [-0.2, 0) is 72.9 Å². The molecule has 630 valence electrons. The molecule has 0 bridgehead atoms. The zero-order valence-corrected chi connectivity index (χ0v) is 73.0. The zero-order chi connectivity index (χ0) is 87.6. The zero-order valence-electron chi connectivity index (χ0n) is 69.9. The Morgan fingerprint density at radius 1 is 0.457 bits per heavy atom. The smallest absolute Gasteiger partial charge is 0.494 e. The summed E-state index contributed by atoms with van der Waals surface area (Å²) in [4.78, 5) is 79.5. The van der Waals surface area contributed by atoms with E-state index in [2.05, 4.69) is 81.9 Å². The summed E-state index contributed by atoms with van der Waals surface area (Å²) in [6, 6.07) is 12.8. The molecule has 5 N–H and O–H groups in total. The number of hydrogen-bond acceptors (Lipinski definition) is 26. The van der Waals surface area contributed by atoms with E-state index in [1.54, 1.807) is 71.9 Å². The molecule has 10 rings (SSSR count). The van der Waals surface area contributed by atoms with Crippen molar-refractivity contribution in [1.29, 1.82) is 0 Å². The number of carboxylic acids is 1. The standard InChI is InChI=1S/C19H29BFNO5.C18H20FN3O5.C14H14FN3O3.C12H24B2O4.C9H10BrFO.C6H5BrN2O2/c1-17(2,3)25-16(23)22-11-12-13(9-10-14(24-8)15(12)21)20-26-18(4,5)19(6,7)27-20;1-18(2,3)27-17(25)22-9-12-11(5-6-13(26-4)14(12)19)10-7-20-15(16(23)24)21-8-10;1-20-11-4-3-9(10(5-16)12(11)15)8-6-17-13(18-7-8)14(19)21-2;1-9(2)10(3,4)16-13(15-9)14-17-11(5,6)12(7,8)18-14;1-3-6-7(10)4-5-8(12-2)9(6)11;1-11-6(10)5-8-2-4(7)3-9-5/h9-10H,11H2,1-8H3,(H,22,23);5-8H,9H2,1-4H3,(H,22,25)(H,23,24);3-4,6-7H,5,16H2,1-2H3;1-8H3;4-5H,3H2,1-2H3;2-3H,1H3. The van der Waals surface area contributed by atoms with Crippen molar-refractivity contribution in [2.24, 2.45) is 5.73 Å². The minimum atomic E-state index is -1.27. The fraction of sp³-hybridized carbons (Fsp3) is 0.474. The Balaban J connectivity index is 0.000000255. The van der Waals surface area contributed by atoms with Gasteiger partial charge in [0, 0.05) is 94.7 Å². The molecular weight excluding hydrogens is 1650 g/mol. The van der Waals surface area contributed by atoms with Gasteiger partial charge in [-0.05, 0) is 194 Å². The molecule has 0 saturated carbocycles. The van der Waals surface area contributed by atoms with Crippen molar-refractivity contribution in [1.82, 2.24) is 40.5 Å². The maximum absolute atomic E-state index is 14.9. The average Bonchev–Trinajstić information content (AvgIpc) is 1.60. The first kappa shape index (κ1) is 97.4. The van der Waals surface area contributed by atoms with Crippen molar-refractivity contribution in [3.63, 3.8) is 0 Å². The third kappa shape index (κ3) is 25.7. The molecule has 2 amide bonds. The highest BCUT2D eigenvalue weighted by atomic mass is 79.9. The summed E-state index contributed by atoms with van der Waals surface area (Å²) < 4.78 is 134. The molecule has 0 unspecified atom stereocenters. The van der Waals surface area contributed by atoms with Gasteiger partial charge in [0.25, 0.3) is 0 Å². The third-order valence-corrected chi connectivity index (χ3v) is 19.8. The lowest BCUT2D eigenvalue weighted by Gasteiger charge is -2.32. The Bertz CT molecular complexity index is 4470. The fourth-order valence-electron chi connectivity index (χ4n) is 10.3. The number of aromatic carboxylic acids is 1. The van der Waals surface area contributed by atoms with Gasteiger partial charge in [-0.25, -0.2) is 71.4 Å². The van der Waals surface area contributed by atoms with E-state index in [9.17, 15) is 41.5 Å². The second-order valence-corrected chi connectivity index (χ2v) is 32.4. The van der Waals surface area contributed by atoms with Gasteiger partial charge in [-0.3, -0.25) is 0 Å². The van der Waals surface area contributed by atoms with E-state index in [-0.39, 0.29) is 93.7 Å². The minimum absolute atomic E-state index is 0.00260. The number of ether oxygens (including phenoxy) is 8. The Kier molecular flexibility index (Phi) is 34.3. The fourth-order valence-corrected chi connectivity index (χ4v) is 11.1. The normalized spacial score (nSPS) is 15.6. The largest absolute Gasteiger partial charge is 0.495 e. The number of halogens is 6. The molecule has 6 heterocycles. The topological polar surface area (TPSA) is 362 Å². The average molecular weight is 1750 g/mol. The van der Waals surface area contributed by atoms with Gasteiger partial charge in [-0.2, -0.15) is 0 Å². The highest BCUT2D eigenvalue weighted by Gasteiger charge is 2.64. The molecule has 0 atom stereocenters. The highest BCUT2D eigenvalue weighted by Crippen LogP contribution is 2.44. The van der Waals surface area contributed by atoms with Crippen molar-refractivity contribution in [3.8, 4) is 45.3 Å². The summed E-state index contributed by atoms with van der Waals surface area (Å²) in [6.07, 6.45) is 7.67. The molecule has 0 radical (unpaired) electrons. The van der Waals surface area contributed by atoms with Crippen molar-refractivity contribution in [2.45, 2.75) is 202 Å². The first-order chi connectivity index (χ1) is 53.8. The predicted octanol–water partition coefficient (Wildman–Crippen LogP) is 14.1. The van der Waals surface area contributed by atoms with Gasteiger partial charge in [0.05, 0.1) is 80.7 Å². The number of esters is 2. The number of nitrogens with two attached hydrogens (primary N) is 1. The summed E-state index contributed by atoms with van der Waals surface area (Å²) >= 11 is 6.41. The van der Waals surface area contributed by atoms with Crippen LogP contribution in [0.3, 0.4) is 0 Å². The summed E-state index contributed by atoms with van der Waals surface area (Å²) in [5.74, 6) is -4.33. The molecule has 3 aliphatic heterocycles. The Hall–Kier alpha value is -9.14. The molecule has 0 spiro atoms. The molecule has 0 aliphatic carbocycles. The van der Waals surface area contributed by atoms with Crippen LogP contribution in [0, 0.1) is 23.3 Å². The number of amides is 2. The lowest BCUT2D eigenvalue weighted by Crippen LogP contribution is -2.41. The third-order valence-electron chi connectivity index (χ3n) is 18.6. The quantitative estimate of drug-likeness (QED) is 0.0285. The number of nitrogens with zero attached hydrogens (tertiary/aromatic N) is 6. The SMILES string of the molecule is CC1(C)OB(B2OC(C)(C)C(C)(C)O2)OC1(C)C.CCc1c(Br)ccc(OC)c1F.COC(=O)c1ncc(-c2ccc(OC)c(F)c2CN)cn1.COC(=O)c1ncc(Br)cn1.COc1ccc(-c2cnc(C(=O)O)nc2)c(CNC(=O)OC(C)(C)C)c1F.COc1ccc(B2OC(C)(C)C(C)(C)O2)c(CNC(=O)OC(C)(C)C)c1F. The summed E-state index contributed by atoms with van der Waals surface area (Å²) in [6.45, 7) is 36.0. The lowest BCUT2D eigenvalue weighted by atomic mass is 9.49. The van der Waals surface area contributed by atoms with Crippen LogP contribution >= 0.6 is 31.9 Å². The van der Waals surface area contributed by atoms with Crippen molar-refractivity contribution >= 4 is 88.6 Å². The van der Waals surface area contributed by atoms with Crippen LogP contribution in [0.25, 0.3) is 22.3 Å². The number of carbonyl (C=O) groups is 5. The van der Waals surface area contributed by atoms with Crippen LogP contribution < -0.4 is 40.8 Å². The van der Waals surface area contributed by atoms with Gasteiger partial charge in [0.2, 0.25) is 17.5 Å². The molecule has 4 aromatic carbocycles. The van der Waals surface area contributed by atoms with Gasteiger partial charge in [-0.15, -0.1) is 0 Å². The monoisotopic (exact) mass is 1750 g/mol. The number of alkyl carbamates (subject to hydrolysis) is 2. The number of benzene rings is 4. The Morgan fingerprint density at radius 2 is 0.767 bits per heavy atom. The number of carboxylic acid groups (broad SMARTS) is 1. The van der Waals surface area contributed by atoms with Crippen LogP contribution in [0.5, 0.6) is 23.0 Å². The van der Waals surface area contributed by atoms with Crippen LogP contribution in [0.1, 0.15) is 186 Å². The van der Waals surface area contributed by atoms with Gasteiger partial charge < -0.3 is 87.3 Å². The van der Waals surface area contributed by atoms with E-state index in [0.717, 1.165) is 8.95 Å². The number of nitrogens with one attached hydrogen (secondary N) is 2. The maximum atomic E-state index is 14.9. The van der Waals surface area contributed by atoms with E-state index < -0.39 is 91.1 Å². The molecule has 116 heavy (non-hydrogen) atoms. The molecule has 3 saturated heterocycles. The molecular formula is C78H102B3Br2F4N9O20. The van der Waals surface area contributed by atoms with E-state index in [1.165, 1.54) is 98.0 Å². The minimum Gasteiger partial charge on any atom is -0.494 e. The van der Waals surface area contributed by atoms with Crippen LogP contribution in [0.15, 0.2) is 94.7 Å². The molecule has 38 heteroatoms. The van der Waals surface area contributed by atoms with Gasteiger partial charge in [0.15, 0.2) is 46.3 Å². The highest BCUT2D eigenvalue weighted by molar-refractivity contribution is 9.10. The van der Waals surface area contributed by atoms with E-state index >= 15 is 0 Å². The van der Waals surface area contributed by atoms with Crippen LogP contribution in [0.2, 0.25) is 0 Å². The molecule has 7 aromatic rings. The number of aromatic nitrogens is 6. The first-order valence-electron chi connectivity index (χ1n) is 36.1. The van der Waals surface area contributed by atoms with Crippen molar-refractivity contribution < 1.29 is 112 Å². The van der Waals surface area contributed by atoms with Crippen molar-refractivity contribution in [3.05, 3.63) is 158 Å². The predicted molar refractivity (Wildman–Crippen MR) is 432 cm³/mol. The number of hydrogen-bond donors (Lipinski definition) is 4. The van der Waals surface area contributed by atoms with Gasteiger partial charge >= 0.3 is 51.2 Å². The number of carbonyl (C=O) groups excluding carboxylic acids is 4. The molecule has 29 nitrogen and oxygen atoms in total. The molecule has 3 aromatic heterocycles. The summed E-state index contributed by atoms with van der Waals surface area (Å²) in [5, 5.41) is 14.0. The van der Waals surface area contributed by atoms with Crippen LogP contribution in [-0.4, -0.2) is 174 Å². The van der Waals surface area contributed by atoms with E-state index in [1.807, 2.05) is 90.0 Å². The van der Waals surface area contributed by atoms with Gasteiger partial charge in [0.1, 0.15) is 11.2 Å². The van der Waals surface area contributed by atoms with E-state index in [4.69, 9.17) is 67.2 Å². The molecule has 3 fully saturated rings. The molecule has 3 aliphatic rings. The lowest BCUT2D eigenvalue weighted by molar-refractivity contribution is 0.00578. The first-order valence-corrected chi connectivity index (χ1v) is 37.7. The second-order valence-electron chi connectivity index (χ2n) is 30.6. The van der Waals surface area contributed by atoms with E-state index in [0.29, 0.717) is 51.0 Å². The van der Waals surface area contributed by atoms with Crippen molar-refractivity contribution in [2.75, 3.05) is 42.7 Å². The summed E-state index contributed by atoms with van der Waals surface area (Å²) in [7, 11) is 6.38. The summed E-state index contributed by atoms with van der Waals surface area (Å²) in [5.41, 5.74) is 5.39. The Morgan fingerprint density at radius 3 is 1.11 bits per heavy atom. The second kappa shape index (κ2) is 40.8. The maximum Gasteiger partial charge on any atom is 0.495 e. The van der Waals surface area contributed by atoms with Crippen LogP contribution in [0.4, 0.5) is 27.2 Å². The number of rotatable bonds is 17.